The second-order valence-electron chi connectivity index (χ2n) is 7.47. The Labute approximate surface area is 215 Å². The number of halogens is 1. The van der Waals surface area contributed by atoms with Gasteiger partial charge in [-0.05, 0) is 54.8 Å². The molecular formula is C26H16ClN7OS. The minimum absolute atomic E-state index is 0.259. The molecule has 5 aromatic rings. The number of nitriles is 2. The average Bonchev–Trinajstić information content (AvgIpc) is 3.25. The van der Waals surface area contributed by atoms with Crippen LogP contribution < -0.4 is 10.1 Å². The van der Waals surface area contributed by atoms with Gasteiger partial charge in [-0.1, -0.05) is 23.7 Å². The molecule has 2 aromatic carbocycles. The molecule has 0 atom stereocenters. The smallest absolute Gasteiger partial charge is 0.177 e. The van der Waals surface area contributed by atoms with Crippen molar-refractivity contribution in [2.24, 2.45) is 0 Å². The molecule has 0 amide bonds. The summed E-state index contributed by atoms with van der Waals surface area (Å²) in [7, 11) is 0. The van der Waals surface area contributed by atoms with Gasteiger partial charge in [0.05, 0.1) is 5.69 Å². The predicted molar refractivity (Wildman–Crippen MR) is 139 cm³/mol. The van der Waals surface area contributed by atoms with Crippen LogP contribution in [0.2, 0.25) is 5.02 Å². The second-order valence-corrected chi connectivity index (χ2v) is 8.70. The van der Waals surface area contributed by atoms with Crippen LogP contribution in [-0.2, 0) is 0 Å². The highest BCUT2D eigenvalue weighted by atomic mass is 35.5. The van der Waals surface area contributed by atoms with Gasteiger partial charge in [0.25, 0.3) is 0 Å². The van der Waals surface area contributed by atoms with Crippen molar-refractivity contribution in [3.05, 3.63) is 89.2 Å². The largest absolute Gasteiger partial charge is 0.457 e. The van der Waals surface area contributed by atoms with Gasteiger partial charge < -0.3 is 10.1 Å². The molecule has 0 saturated carbocycles. The summed E-state index contributed by atoms with van der Waals surface area (Å²) in [5, 5.41) is 28.8. The highest BCUT2D eigenvalue weighted by Gasteiger charge is 2.23. The third-order valence-electron chi connectivity index (χ3n) is 5.25. The molecule has 8 nitrogen and oxygen atoms in total. The third kappa shape index (κ3) is 4.41. The number of hydrogen-bond donors (Lipinski definition) is 1. The first-order valence-corrected chi connectivity index (χ1v) is 12.2. The van der Waals surface area contributed by atoms with Crippen molar-refractivity contribution in [1.82, 2.24) is 19.6 Å². The van der Waals surface area contributed by atoms with Gasteiger partial charge in [0.1, 0.15) is 39.8 Å². The van der Waals surface area contributed by atoms with Gasteiger partial charge in [-0.2, -0.15) is 10.5 Å². The lowest BCUT2D eigenvalue weighted by Gasteiger charge is -2.10. The maximum Gasteiger partial charge on any atom is 0.177 e. The fourth-order valence-corrected chi connectivity index (χ4v) is 4.37. The van der Waals surface area contributed by atoms with E-state index < -0.39 is 0 Å². The number of thioether (sulfide) groups is 1. The normalized spacial score (nSPS) is 10.6. The summed E-state index contributed by atoms with van der Waals surface area (Å²) >= 11 is 7.57. The van der Waals surface area contributed by atoms with Gasteiger partial charge in [-0.3, -0.25) is 4.98 Å². The maximum absolute atomic E-state index is 9.99. The molecule has 0 aliphatic rings. The molecule has 0 saturated heterocycles. The molecule has 174 valence electrons. The molecule has 3 heterocycles. The molecule has 0 aliphatic heterocycles. The lowest BCUT2D eigenvalue weighted by molar-refractivity contribution is 0.482. The quantitative estimate of drug-likeness (QED) is 0.205. The predicted octanol–water partition coefficient (Wildman–Crippen LogP) is 6.45. The topological polar surface area (TPSA) is 112 Å². The molecule has 0 fully saturated rings. The number of benzene rings is 2. The Morgan fingerprint density at radius 2 is 1.69 bits per heavy atom. The molecule has 0 unspecified atom stereocenters. The van der Waals surface area contributed by atoms with Gasteiger partial charge in [-0.25, -0.2) is 9.50 Å². The van der Waals surface area contributed by atoms with Gasteiger partial charge in [0.2, 0.25) is 0 Å². The number of nitrogens with one attached hydrogen (secondary N) is 1. The maximum atomic E-state index is 9.99. The van der Waals surface area contributed by atoms with Crippen LogP contribution in [-0.4, -0.2) is 25.8 Å². The first kappa shape index (κ1) is 23.2. The highest BCUT2D eigenvalue weighted by molar-refractivity contribution is 7.98. The molecular weight excluding hydrogens is 494 g/mol. The van der Waals surface area contributed by atoms with Crippen molar-refractivity contribution in [1.29, 1.82) is 10.5 Å². The minimum Gasteiger partial charge on any atom is -0.457 e. The van der Waals surface area contributed by atoms with Crippen LogP contribution in [0.15, 0.2) is 78.1 Å². The SMILES string of the molecule is CSc1nc2c(C#N)c(Nc3ccc(Oc4ccncc4)cc3)nn2c(-c2cccc(Cl)c2)c1C#N. The minimum atomic E-state index is 0.259. The monoisotopic (exact) mass is 509 g/mol. The Kier molecular flexibility index (Phi) is 6.42. The van der Waals surface area contributed by atoms with E-state index in [0.29, 0.717) is 55.5 Å². The summed E-state index contributed by atoms with van der Waals surface area (Å²) in [5.41, 5.74) is 2.87. The first-order valence-electron chi connectivity index (χ1n) is 10.6. The van der Waals surface area contributed by atoms with E-state index in [-0.39, 0.29) is 5.56 Å². The molecule has 0 bridgehead atoms. The van der Waals surface area contributed by atoms with Crippen LogP contribution in [0.5, 0.6) is 11.5 Å². The van der Waals surface area contributed by atoms with Crippen molar-refractivity contribution >= 4 is 40.5 Å². The summed E-state index contributed by atoms with van der Waals surface area (Å²) in [4.78, 5) is 8.57. The number of nitrogens with zero attached hydrogens (tertiary/aromatic N) is 6. The molecule has 3 aromatic heterocycles. The van der Waals surface area contributed by atoms with Crippen LogP contribution in [0.1, 0.15) is 11.1 Å². The fourth-order valence-electron chi connectivity index (χ4n) is 3.65. The zero-order chi connectivity index (χ0) is 25.1. The van der Waals surface area contributed by atoms with Crippen molar-refractivity contribution in [2.45, 2.75) is 5.03 Å². The summed E-state index contributed by atoms with van der Waals surface area (Å²) in [6.07, 6.45) is 5.15. The van der Waals surface area contributed by atoms with Gasteiger partial charge in [0.15, 0.2) is 11.5 Å². The Morgan fingerprint density at radius 3 is 2.36 bits per heavy atom. The van der Waals surface area contributed by atoms with Crippen molar-refractivity contribution < 1.29 is 4.74 Å². The van der Waals surface area contributed by atoms with Gasteiger partial charge >= 0.3 is 0 Å². The van der Waals surface area contributed by atoms with E-state index in [0.717, 1.165) is 0 Å². The molecule has 1 N–H and O–H groups in total. The second kappa shape index (κ2) is 9.96. The van der Waals surface area contributed by atoms with E-state index in [2.05, 4.69) is 32.5 Å². The molecule has 0 radical (unpaired) electrons. The number of aromatic nitrogens is 4. The van der Waals surface area contributed by atoms with Crippen molar-refractivity contribution in [3.8, 4) is 34.9 Å². The Hall–Kier alpha value is -4.57. The molecule has 0 aliphatic carbocycles. The highest BCUT2D eigenvalue weighted by Crippen LogP contribution is 2.34. The lowest BCUT2D eigenvalue weighted by atomic mass is 10.1. The molecule has 36 heavy (non-hydrogen) atoms. The number of pyridine rings is 1. The van der Waals surface area contributed by atoms with Crippen LogP contribution >= 0.6 is 23.4 Å². The summed E-state index contributed by atoms with van der Waals surface area (Å²) in [5.74, 6) is 1.64. The van der Waals surface area contributed by atoms with E-state index in [9.17, 15) is 10.5 Å². The van der Waals surface area contributed by atoms with Gasteiger partial charge in [0, 0.05) is 28.7 Å². The average molecular weight is 510 g/mol. The number of hydrogen-bond acceptors (Lipinski definition) is 8. The van der Waals surface area contributed by atoms with E-state index in [1.54, 1.807) is 54.9 Å². The van der Waals surface area contributed by atoms with E-state index in [1.165, 1.54) is 16.3 Å². The zero-order valence-electron chi connectivity index (χ0n) is 18.8. The van der Waals surface area contributed by atoms with Crippen LogP contribution in [0.4, 0.5) is 11.5 Å². The number of fused-ring (bicyclic) bond motifs is 1. The summed E-state index contributed by atoms with van der Waals surface area (Å²) < 4.78 is 7.33. The van der Waals surface area contributed by atoms with Crippen LogP contribution in [0.25, 0.3) is 16.9 Å². The molecule has 10 heteroatoms. The van der Waals surface area contributed by atoms with Gasteiger partial charge in [-0.15, -0.1) is 16.9 Å². The summed E-state index contributed by atoms with van der Waals surface area (Å²) in [6.45, 7) is 0. The van der Waals surface area contributed by atoms with E-state index in [4.69, 9.17) is 16.3 Å². The third-order valence-corrected chi connectivity index (χ3v) is 6.17. The van der Waals surface area contributed by atoms with Crippen molar-refractivity contribution in [2.75, 3.05) is 11.6 Å². The van der Waals surface area contributed by atoms with E-state index >= 15 is 0 Å². The molecule has 0 spiro atoms. The van der Waals surface area contributed by atoms with Crippen LogP contribution in [0, 0.1) is 22.7 Å². The van der Waals surface area contributed by atoms with Crippen molar-refractivity contribution in [3.63, 3.8) is 0 Å². The zero-order valence-corrected chi connectivity index (χ0v) is 20.4. The Bertz CT molecular complexity index is 1660. The molecule has 5 rings (SSSR count). The standard InChI is InChI=1S/C26H16ClN7OS/c1-36-26-21(14-28)23(16-3-2-4-17(27)13-16)34-25(32-26)22(15-29)24(33-34)31-18-5-7-19(8-6-18)35-20-9-11-30-12-10-20/h2-13H,1H3,(H,31,33). The Balaban J connectivity index is 1.58. The Morgan fingerprint density at radius 1 is 0.972 bits per heavy atom. The lowest BCUT2D eigenvalue weighted by Crippen LogP contribution is -2.03. The number of ether oxygens (including phenoxy) is 1. The number of rotatable bonds is 6. The summed E-state index contributed by atoms with van der Waals surface area (Å²) in [6, 6.07) is 22.4. The van der Waals surface area contributed by atoms with E-state index in [1.807, 2.05) is 24.5 Å². The fraction of sp³-hybridized carbons (Fsp3) is 0.0385. The number of anilines is 2. The van der Waals surface area contributed by atoms with Crippen LogP contribution in [0.3, 0.4) is 0 Å². The first-order chi connectivity index (χ1) is 17.6.